The maximum Gasteiger partial charge on any atom is 0.306 e. The van der Waals surface area contributed by atoms with E-state index in [2.05, 4.69) is 55.5 Å². The summed E-state index contributed by atoms with van der Waals surface area (Å²) in [4.78, 5) is 11.4. The Morgan fingerprint density at radius 1 is 0.793 bits per heavy atom. The van der Waals surface area contributed by atoms with E-state index >= 15 is 0 Å². The summed E-state index contributed by atoms with van der Waals surface area (Å²) in [7, 11) is 0. The van der Waals surface area contributed by atoms with Crippen LogP contribution < -0.4 is 0 Å². The zero-order valence-electron chi connectivity index (χ0n) is 18.0. The van der Waals surface area contributed by atoms with Crippen molar-refractivity contribution in [2.45, 2.75) is 77.2 Å². The van der Waals surface area contributed by atoms with E-state index < -0.39 is 12.7 Å². The van der Waals surface area contributed by atoms with E-state index in [0.29, 0.717) is 6.42 Å². The van der Waals surface area contributed by atoms with Gasteiger partial charge in [-0.1, -0.05) is 80.5 Å². The van der Waals surface area contributed by atoms with Gasteiger partial charge in [-0.3, -0.25) is 4.79 Å². The fourth-order valence-electron chi connectivity index (χ4n) is 2.35. The smallest absolute Gasteiger partial charge is 0.306 e. The van der Waals surface area contributed by atoms with E-state index in [-0.39, 0.29) is 19.0 Å². The third-order valence-corrected chi connectivity index (χ3v) is 4.06. The van der Waals surface area contributed by atoms with Crippen LogP contribution in [0, 0.1) is 0 Å². The quantitative estimate of drug-likeness (QED) is 0.178. The van der Waals surface area contributed by atoms with E-state index in [9.17, 15) is 4.79 Å². The largest absolute Gasteiger partial charge is 0.463 e. The minimum atomic E-state index is -0.994. The molecule has 0 rings (SSSR count). The van der Waals surface area contributed by atoms with Crippen molar-refractivity contribution in [3.63, 3.8) is 0 Å². The average Bonchev–Trinajstić information content (AvgIpc) is 2.73. The zero-order valence-corrected chi connectivity index (χ0v) is 18.0. The standard InChI is InChI=1S/C25H40O4/c1-2-3-4-5-6-7-8-9-10-11-12-13-14-15-16-17-18-19-20-21-25(28)29-23-24(27)22-26/h6-7,9-10,12-13,15-16,18-19,24,26-27H,2-5,8,11,14,17,20-23H2,1H3/t24-/m0/s1. The van der Waals surface area contributed by atoms with Gasteiger partial charge in [-0.2, -0.15) is 0 Å². The molecule has 0 radical (unpaired) electrons. The highest BCUT2D eigenvalue weighted by molar-refractivity contribution is 5.69. The Kier molecular flexibility index (Phi) is 20.9. The maximum atomic E-state index is 11.4. The molecular formula is C25H40O4. The van der Waals surface area contributed by atoms with Gasteiger partial charge in [-0.05, 0) is 44.9 Å². The van der Waals surface area contributed by atoms with Gasteiger partial charge in [0.1, 0.15) is 12.7 Å². The van der Waals surface area contributed by atoms with E-state index in [1.54, 1.807) is 0 Å². The monoisotopic (exact) mass is 404 g/mol. The third-order valence-electron chi connectivity index (χ3n) is 4.06. The van der Waals surface area contributed by atoms with Crippen molar-refractivity contribution in [2.24, 2.45) is 0 Å². The molecule has 0 unspecified atom stereocenters. The predicted molar refractivity (Wildman–Crippen MR) is 122 cm³/mol. The molecule has 0 aromatic carbocycles. The molecule has 0 spiro atoms. The lowest BCUT2D eigenvalue weighted by Crippen LogP contribution is -2.21. The van der Waals surface area contributed by atoms with Gasteiger partial charge < -0.3 is 14.9 Å². The number of allylic oxidation sites excluding steroid dienone is 10. The molecule has 164 valence electrons. The van der Waals surface area contributed by atoms with Crippen LogP contribution in [0.5, 0.6) is 0 Å². The van der Waals surface area contributed by atoms with Gasteiger partial charge in [0, 0.05) is 6.42 Å². The molecule has 0 aromatic heterocycles. The third kappa shape index (κ3) is 22.2. The lowest BCUT2D eigenvalue weighted by Gasteiger charge is -2.07. The van der Waals surface area contributed by atoms with Gasteiger partial charge in [-0.25, -0.2) is 0 Å². The lowest BCUT2D eigenvalue weighted by molar-refractivity contribution is -0.147. The van der Waals surface area contributed by atoms with Crippen LogP contribution in [-0.4, -0.2) is 35.5 Å². The Morgan fingerprint density at radius 3 is 1.76 bits per heavy atom. The molecule has 1 atom stereocenters. The topological polar surface area (TPSA) is 66.8 Å². The van der Waals surface area contributed by atoms with Crippen LogP contribution in [0.3, 0.4) is 0 Å². The first-order chi connectivity index (χ1) is 14.2. The SMILES string of the molecule is CCCCCC=CCC=CCC=CCC=CCC=CCCC(=O)OC[C@@H](O)CO. The summed E-state index contributed by atoms with van der Waals surface area (Å²) in [5.74, 6) is -0.361. The molecule has 0 aliphatic heterocycles. The minimum absolute atomic E-state index is 0.152. The molecular weight excluding hydrogens is 364 g/mol. The molecule has 0 aromatic rings. The number of hydrogen-bond acceptors (Lipinski definition) is 4. The number of ether oxygens (including phenoxy) is 1. The number of rotatable bonds is 18. The molecule has 0 saturated carbocycles. The number of carbonyl (C=O) groups is 1. The van der Waals surface area contributed by atoms with E-state index in [1.807, 2.05) is 12.2 Å². The van der Waals surface area contributed by atoms with Crippen molar-refractivity contribution in [3.8, 4) is 0 Å². The van der Waals surface area contributed by atoms with E-state index in [4.69, 9.17) is 14.9 Å². The molecule has 2 N–H and O–H groups in total. The van der Waals surface area contributed by atoms with Crippen LogP contribution in [0.25, 0.3) is 0 Å². The molecule has 0 fully saturated rings. The molecule has 0 saturated heterocycles. The molecule has 0 aliphatic carbocycles. The average molecular weight is 405 g/mol. The maximum absolute atomic E-state index is 11.4. The van der Waals surface area contributed by atoms with Crippen molar-refractivity contribution >= 4 is 5.97 Å². The summed E-state index contributed by atoms with van der Waals surface area (Å²) in [6, 6.07) is 0. The van der Waals surface area contributed by atoms with E-state index in [0.717, 1.165) is 25.7 Å². The normalized spacial score (nSPS) is 13.6. The van der Waals surface area contributed by atoms with Crippen LogP contribution in [0.2, 0.25) is 0 Å². The first-order valence-electron chi connectivity index (χ1n) is 10.9. The molecule has 4 heteroatoms. The number of aliphatic hydroxyl groups is 2. The van der Waals surface area contributed by atoms with Crippen LogP contribution in [0.1, 0.15) is 71.1 Å². The van der Waals surface area contributed by atoms with Gasteiger partial charge in [0.25, 0.3) is 0 Å². The van der Waals surface area contributed by atoms with Crippen molar-refractivity contribution < 1.29 is 19.7 Å². The second-order valence-corrected chi connectivity index (χ2v) is 6.85. The molecule has 29 heavy (non-hydrogen) atoms. The van der Waals surface area contributed by atoms with Gasteiger partial charge in [0.2, 0.25) is 0 Å². The van der Waals surface area contributed by atoms with Crippen molar-refractivity contribution in [2.75, 3.05) is 13.2 Å². The fourth-order valence-corrected chi connectivity index (χ4v) is 2.35. The summed E-state index contributed by atoms with van der Waals surface area (Å²) in [6.07, 6.45) is 30.3. The predicted octanol–water partition coefficient (Wildman–Crippen LogP) is 5.58. The Bertz CT molecular complexity index is 515. The summed E-state index contributed by atoms with van der Waals surface area (Å²) < 4.78 is 4.82. The highest BCUT2D eigenvalue weighted by atomic mass is 16.5. The first kappa shape index (κ1) is 27.1. The number of carbonyl (C=O) groups excluding carboxylic acids is 1. The molecule has 0 heterocycles. The Hall–Kier alpha value is -1.91. The highest BCUT2D eigenvalue weighted by Gasteiger charge is 2.06. The number of aliphatic hydroxyl groups excluding tert-OH is 2. The van der Waals surface area contributed by atoms with Crippen LogP contribution in [0.4, 0.5) is 0 Å². The number of esters is 1. The first-order valence-corrected chi connectivity index (χ1v) is 10.9. The number of unbranched alkanes of at least 4 members (excludes halogenated alkanes) is 3. The summed E-state index contributed by atoms with van der Waals surface area (Å²) in [5.41, 5.74) is 0. The van der Waals surface area contributed by atoms with Crippen LogP contribution in [-0.2, 0) is 9.53 Å². The van der Waals surface area contributed by atoms with Gasteiger partial charge in [0.05, 0.1) is 6.61 Å². The second-order valence-electron chi connectivity index (χ2n) is 6.85. The fraction of sp³-hybridized carbons (Fsp3) is 0.560. The van der Waals surface area contributed by atoms with E-state index in [1.165, 1.54) is 25.7 Å². The van der Waals surface area contributed by atoms with Crippen LogP contribution >= 0.6 is 0 Å². The van der Waals surface area contributed by atoms with Gasteiger partial charge >= 0.3 is 5.97 Å². The molecule has 0 aliphatic rings. The summed E-state index contributed by atoms with van der Waals surface area (Å²) >= 11 is 0. The summed E-state index contributed by atoms with van der Waals surface area (Å²) in [6.45, 7) is 1.68. The minimum Gasteiger partial charge on any atom is -0.463 e. The van der Waals surface area contributed by atoms with Crippen molar-refractivity contribution in [1.29, 1.82) is 0 Å². The van der Waals surface area contributed by atoms with Crippen molar-refractivity contribution in [3.05, 3.63) is 60.8 Å². The highest BCUT2D eigenvalue weighted by Crippen LogP contribution is 2.01. The summed E-state index contributed by atoms with van der Waals surface area (Å²) in [5, 5.41) is 17.7. The number of hydrogen-bond donors (Lipinski definition) is 2. The Morgan fingerprint density at radius 2 is 1.28 bits per heavy atom. The molecule has 0 bridgehead atoms. The molecule has 4 nitrogen and oxygen atoms in total. The second kappa shape index (κ2) is 22.4. The van der Waals surface area contributed by atoms with Crippen LogP contribution in [0.15, 0.2) is 60.8 Å². The van der Waals surface area contributed by atoms with Crippen molar-refractivity contribution in [1.82, 2.24) is 0 Å². The zero-order chi connectivity index (χ0) is 21.4. The Balaban J connectivity index is 3.55. The van der Waals surface area contributed by atoms with Gasteiger partial charge in [-0.15, -0.1) is 0 Å². The lowest BCUT2D eigenvalue weighted by atomic mass is 10.2. The molecule has 0 amide bonds. The Labute approximate surface area is 177 Å². The van der Waals surface area contributed by atoms with Gasteiger partial charge in [0.15, 0.2) is 0 Å².